The van der Waals surface area contributed by atoms with Gasteiger partial charge in [-0.15, -0.1) is 0 Å². The van der Waals surface area contributed by atoms with Gasteiger partial charge in [0.2, 0.25) is 0 Å². The summed E-state index contributed by atoms with van der Waals surface area (Å²) in [5, 5.41) is 4.50. The maximum atomic E-state index is 5.66. The monoisotopic (exact) mass is 259 g/mol. The SMILES string of the molecule is COc1cc(C)c(-c2cn(C)nc2CCN)cc1C. The van der Waals surface area contributed by atoms with E-state index < -0.39 is 0 Å². The van der Waals surface area contributed by atoms with Crippen LogP contribution < -0.4 is 10.5 Å². The second-order valence-corrected chi connectivity index (χ2v) is 4.84. The minimum atomic E-state index is 0.609. The number of nitrogens with two attached hydrogens (primary N) is 1. The Balaban J connectivity index is 2.55. The van der Waals surface area contributed by atoms with Crippen molar-refractivity contribution in [2.24, 2.45) is 12.8 Å². The zero-order chi connectivity index (χ0) is 14.0. The van der Waals surface area contributed by atoms with Gasteiger partial charge >= 0.3 is 0 Å². The molecule has 1 heterocycles. The molecule has 1 aromatic heterocycles. The van der Waals surface area contributed by atoms with Crippen LogP contribution in [0.25, 0.3) is 11.1 Å². The van der Waals surface area contributed by atoms with Crippen LogP contribution in [0, 0.1) is 13.8 Å². The molecule has 2 aromatic rings. The Hall–Kier alpha value is -1.81. The molecular weight excluding hydrogens is 238 g/mol. The van der Waals surface area contributed by atoms with Crippen LogP contribution in [0.4, 0.5) is 0 Å². The molecule has 102 valence electrons. The highest BCUT2D eigenvalue weighted by Crippen LogP contribution is 2.31. The first kappa shape index (κ1) is 13.6. The largest absolute Gasteiger partial charge is 0.496 e. The Morgan fingerprint density at radius 3 is 2.58 bits per heavy atom. The van der Waals surface area contributed by atoms with Crippen LogP contribution in [0.5, 0.6) is 5.75 Å². The van der Waals surface area contributed by atoms with Gasteiger partial charge in [0, 0.05) is 25.2 Å². The van der Waals surface area contributed by atoms with Gasteiger partial charge in [0.25, 0.3) is 0 Å². The van der Waals surface area contributed by atoms with Crippen molar-refractivity contribution in [3.63, 3.8) is 0 Å². The summed E-state index contributed by atoms with van der Waals surface area (Å²) in [5.74, 6) is 0.922. The number of hydrogen-bond donors (Lipinski definition) is 1. The zero-order valence-electron chi connectivity index (χ0n) is 12.0. The topological polar surface area (TPSA) is 53.1 Å². The third kappa shape index (κ3) is 2.63. The normalized spacial score (nSPS) is 10.8. The molecule has 0 saturated heterocycles. The van der Waals surface area contributed by atoms with Crippen molar-refractivity contribution in [1.29, 1.82) is 0 Å². The molecule has 4 nitrogen and oxygen atoms in total. The summed E-state index contributed by atoms with van der Waals surface area (Å²) < 4.78 is 7.21. The lowest BCUT2D eigenvalue weighted by molar-refractivity contribution is 0.411. The number of hydrogen-bond acceptors (Lipinski definition) is 3. The average Bonchev–Trinajstić information content (AvgIpc) is 2.73. The van der Waals surface area contributed by atoms with Gasteiger partial charge in [-0.25, -0.2) is 0 Å². The van der Waals surface area contributed by atoms with E-state index in [1.165, 1.54) is 11.1 Å². The van der Waals surface area contributed by atoms with Crippen LogP contribution in [0.3, 0.4) is 0 Å². The predicted molar refractivity (Wildman–Crippen MR) is 77.4 cm³/mol. The van der Waals surface area contributed by atoms with Crippen molar-refractivity contribution >= 4 is 0 Å². The van der Waals surface area contributed by atoms with Crippen molar-refractivity contribution in [3.05, 3.63) is 35.2 Å². The van der Waals surface area contributed by atoms with Gasteiger partial charge in [-0.1, -0.05) is 0 Å². The van der Waals surface area contributed by atoms with E-state index in [0.29, 0.717) is 6.54 Å². The van der Waals surface area contributed by atoms with Crippen molar-refractivity contribution in [1.82, 2.24) is 9.78 Å². The standard InChI is InChI=1S/C15H21N3O/c1-10-8-15(19-4)11(2)7-12(10)13-9-18(3)17-14(13)5-6-16/h7-9H,5-6,16H2,1-4H3. The fourth-order valence-corrected chi connectivity index (χ4v) is 2.38. The number of aromatic nitrogens is 2. The lowest BCUT2D eigenvalue weighted by Crippen LogP contribution is -2.05. The summed E-state index contributed by atoms with van der Waals surface area (Å²) >= 11 is 0. The van der Waals surface area contributed by atoms with Gasteiger partial charge in [-0.2, -0.15) is 5.10 Å². The first-order valence-electron chi connectivity index (χ1n) is 6.45. The summed E-state index contributed by atoms with van der Waals surface area (Å²) in [6.07, 6.45) is 2.85. The number of methoxy groups -OCH3 is 1. The lowest BCUT2D eigenvalue weighted by Gasteiger charge is -2.11. The van der Waals surface area contributed by atoms with Gasteiger partial charge in [0.15, 0.2) is 0 Å². The number of aryl methyl sites for hydroxylation is 3. The summed E-state index contributed by atoms with van der Waals surface area (Å²) in [6, 6.07) is 4.23. The minimum absolute atomic E-state index is 0.609. The molecule has 0 bridgehead atoms. The maximum Gasteiger partial charge on any atom is 0.122 e. The highest BCUT2D eigenvalue weighted by atomic mass is 16.5. The molecule has 0 unspecified atom stereocenters. The second kappa shape index (κ2) is 5.45. The van der Waals surface area contributed by atoms with Crippen molar-refractivity contribution in [3.8, 4) is 16.9 Å². The van der Waals surface area contributed by atoms with Gasteiger partial charge in [-0.3, -0.25) is 4.68 Å². The highest BCUT2D eigenvalue weighted by molar-refractivity contribution is 5.71. The van der Waals surface area contributed by atoms with Crippen LogP contribution in [0.1, 0.15) is 16.8 Å². The van der Waals surface area contributed by atoms with Crippen LogP contribution in [0.2, 0.25) is 0 Å². The Morgan fingerprint density at radius 2 is 1.95 bits per heavy atom. The molecule has 0 fully saturated rings. The number of rotatable bonds is 4. The molecule has 0 amide bonds. The number of benzene rings is 1. The van der Waals surface area contributed by atoms with E-state index in [4.69, 9.17) is 10.5 Å². The number of ether oxygens (including phenoxy) is 1. The highest BCUT2D eigenvalue weighted by Gasteiger charge is 2.13. The van der Waals surface area contributed by atoms with Crippen LogP contribution in [-0.2, 0) is 13.5 Å². The average molecular weight is 259 g/mol. The molecule has 1 aromatic carbocycles. The Morgan fingerprint density at radius 1 is 1.21 bits per heavy atom. The van der Waals surface area contributed by atoms with Gasteiger partial charge in [-0.05, 0) is 49.2 Å². The third-order valence-electron chi connectivity index (χ3n) is 3.32. The Bertz CT molecular complexity index is 587. The van der Waals surface area contributed by atoms with Crippen molar-refractivity contribution in [2.75, 3.05) is 13.7 Å². The fraction of sp³-hybridized carbons (Fsp3) is 0.400. The third-order valence-corrected chi connectivity index (χ3v) is 3.32. The minimum Gasteiger partial charge on any atom is -0.496 e. The van der Waals surface area contributed by atoms with E-state index >= 15 is 0 Å². The molecule has 0 aliphatic heterocycles. The summed E-state index contributed by atoms with van der Waals surface area (Å²) in [4.78, 5) is 0. The first-order chi connectivity index (χ1) is 9.06. The molecule has 2 N–H and O–H groups in total. The molecule has 0 aliphatic carbocycles. The van der Waals surface area contributed by atoms with E-state index in [1.54, 1.807) is 7.11 Å². The molecule has 0 radical (unpaired) electrons. The van der Waals surface area contributed by atoms with Crippen molar-refractivity contribution in [2.45, 2.75) is 20.3 Å². The molecular formula is C15H21N3O. The summed E-state index contributed by atoms with van der Waals surface area (Å²) in [6.45, 7) is 4.76. The van der Waals surface area contributed by atoms with Gasteiger partial charge in [0.05, 0.1) is 12.8 Å². The lowest BCUT2D eigenvalue weighted by atomic mass is 9.97. The van der Waals surface area contributed by atoms with E-state index in [1.807, 2.05) is 11.7 Å². The summed E-state index contributed by atoms with van der Waals surface area (Å²) in [5.41, 5.74) is 11.4. The van der Waals surface area contributed by atoms with Crippen LogP contribution >= 0.6 is 0 Å². The molecule has 4 heteroatoms. The van der Waals surface area contributed by atoms with E-state index in [9.17, 15) is 0 Å². The van der Waals surface area contributed by atoms with Crippen molar-refractivity contribution < 1.29 is 4.74 Å². The Labute approximate surface area is 114 Å². The first-order valence-corrected chi connectivity index (χ1v) is 6.45. The molecule has 2 rings (SSSR count). The quantitative estimate of drug-likeness (QED) is 0.916. The molecule has 0 aliphatic rings. The smallest absolute Gasteiger partial charge is 0.122 e. The second-order valence-electron chi connectivity index (χ2n) is 4.84. The predicted octanol–water partition coefficient (Wildman–Crippen LogP) is 2.21. The molecule has 0 spiro atoms. The fourth-order valence-electron chi connectivity index (χ4n) is 2.38. The zero-order valence-corrected chi connectivity index (χ0v) is 12.0. The van der Waals surface area contributed by atoms with E-state index in [0.717, 1.165) is 29.0 Å². The molecule has 0 atom stereocenters. The van der Waals surface area contributed by atoms with Gasteiger partial charge < -0.3 is 10.5 Å². The Kier molecular flexibility index (Phi) is 3.90. The van der Waals surface area contributed by atoms with E-state index in [-0.39, 0.29) is 0 Å². The maximum absolute atomic E-state index is 5.66. The number of nitrogens with zero attached hydrogens (tertiary/aromatic N) is 2. The summed E-state index contributed by atoms with van der Waals surface area (Å²) in [7, 11) is 3.64. The molecule has 0 saturated carbocycles. The molecule has 19 heavy (non-hydrogen) atoms. The van der Waals surface area contributed by atoms with Gasteiger partial charge in [0.1, 0.15) is 5.75 Å². The van der Waals surface area contributed by atoms with E-state index in [2.05, 4.69) is 37.3 Å². The van der Waals surface area contributed by atoms with Crippen LogP contribution in [0.15, 0.2) is 18.3 Å². The van der Waals surface area contributed by atoms with Crippen LogP contribution in [-0.4, -0.2) is 23.4 Å².